The highest BCUT2D eigenvalue weighted by Gasteiger charge is 2.12. The molecule has 0 aliphatic carbocycles. The van der Waals surface area contributed by atoms with E-state index in [2.05, 4.69) is 31.2 Å². The van der Waals surface area contributed by atoms with E-state index in [9.17, 15) is 4.79 Å². The first-order valence-electron chi connectivity index (χ1n) is 8.32. The van der Waals surface area contributed by atoms with Crippen molar-refractivity contribution in [3.05, 3.63) is 24.3 Å². The summed E-state index contributed by atoms with van der Waals surface area (Å²) in [5.41, 5.74) is 0. The zero-order valence-electron chi connectivity index (χ0n) is 13.0. The summed E-state index contributed by atoms with van der Waals surface area (Å²) in [5, 5.41) is 0. The molecule has 1 heterocycles. The van der Waals surface area contributed by atoms with Gasteiger partial charge in [-0.2, -0.15) is 0 Å². The van der Waals surface area contributed by atoms with Gasteiger partial charge in [-0.25, -0.2) is 0 Å². The van der Waals surface area contributed by atoms with E-state index in [-0.39, 0.29) is 12.1 Å². The Hall–Kier alpha value is -1.05. The lowest BCUT2D eigenvalue weighted by Crippen LogP contribution is -2.17. The quantitative estimate of drug-likeness (QED) is 0.503. The molecule has 1 aliphatic rings. The maximum absolute atomic E-state index is 11.8. The van der Waals surface area contributed by atoms with Gasteiger partial charge in [-0.15, -0.1) is 0 Å². The normalized spacial score (nSPS) is 26.6. The Balaban J connectivity index is 2.46. The van der Waals surface area contributed by atoms with Crippen molar-refractivity contribution in [1.29, 1.82) is 0 Å². The van der Waals surface area contributed by atoms with Crippen molar-refractivity contribution in [2.45, 2.75) is 83.7 Å². The molecule has 2 heteroatoms. The van der Waals surface area contributed by atoms with Gasteiger partial charge in [0.15, 0.2) is 0 Å². The van der Waals surface area contributed by atoms with Gasteiger partial charge in [-0.1, -0.05) is 56.9 Å². The fourth-order valence-electron chi connectivity index (χ4n) is 2.49. The molecule has 0 saturated heterocycles. The van der Waals surface area contributed by atoms with Crippen molar-refractivity contribution < 1.29 is 9.53 Å². The standard InChI is InChI=1S/C18H30O2/c1-2-14-17-15-12-10-8-6-4-3-5-7-9-11-13-16-18(19)20-17/h4,6,10,12,17H,2-3,5,7-9,11,13-16H2,1H3/b6-4-,12-10-/t17-/m1/s1. The van der Waals surface area contributed by atoms with Crippen LogP contribution in [0.3, 0.4) is 0 Å². The molecule has 1 atom stereocenters. The number of esters is 1. The third kappa shape index (κ3) is 8.95. The van der Waals surface area contributed by atoms with Crippen molar-refractivity contribution in [1.82, 2.24) is 0 Å². The van der Waals surface area contributed by atoms with Crippen LogP contribution in [0.15, 0.2) is 24.3 Å². The van der Waals surface area contributed by atoms with Gasteiger partial charge in [0, 0.05) is 12.8 Å². The van der Waals surface area contributed by atoms with E-state index < -0.39 is 0 Å². The van der Waals surface area contributed by atoms with Crippen LogP contribution < -0.4 is 0 Å². The molecule has 114 valence electrons. The minimum Gasteiger partial charge on any atom is -0.462 e. The van der Waals surface area contributed by atoms with E-state index in [1.807, 2.05) is 0 Å². The van der Waals surface area contributed by atoms with Crippen LogP contribution in [0.25, 0.3) is 0 Å². The number of carbonyl (C=O) groups is 1. The van der Waals surface area contributed by atoms with Gasteiger partial charge in [0.25, 0.3) is 0 Å². The average Bonchev–Trinajstić information content (AvgIpc) is 2.42. The lowest BCUT2D eigenvalue weighted by molar-refractivity contribution is -0.149. The first-order chi connectivity index (χ1) is 9.83. The first kappa shape index (κ1) is 17.0. The number of hydrogen-bond acceptors (Lipinski definition) is 2. The summed E-state index contributed by atoms with van der Waals surface area (Å²) in [6, 6.07) is 0. The lowest BCUT2D eigenvalue weighted by atomic mass is 10.1. The number of carbonyl (C=O) groups excluding carboxylic acids is 1. The van der Waals surface area contributed by atoms with Crippen LogP contribution in [0.1, 0.15) is 77.6 Å². The Bertz CT molecular complexity index is 305. The van der Waals surface area contributed by atoms with Gasteiger partial charge in [0.2, 0.25) is 0 Å². The van der Waals surface area contributed by atoms with Crippen LogP contribution in [-0.2, 0) is 9.53 Å². The Kier molecular flexibility index (Phi) is 9.99. The molecular formula is C18H30O2. The van der Waals surface area contributed by atoms with Gasteiger partial charge in [0.1, 0.15) is 6.10 Å². The maximum atomic E-state index is 11.8. The van der Waals surface area contributed by atoms with E-state index in [0.29, 0.717) is 6.42 Å². The summed E-state index contributed by atoms with van der Waals surface area (Å²) >= 11 is 0. The molecule has 2 nitrogen and oxygen atoms in total. The second kappa shape index (κ2) is 11.7. The molecule has 0 N–H and O–H groups in total. The molecular weight excluding hydrogens is 248 g/mol. The van der Waals surface area contributed by atoms with Crippen LogP contribution in [-0.4, -0.2) is 12.1 Å². The Morgan fingerprint density at radius 2 is 1.80 bits per heavy atom. The van der Waals surface area contributed by atoms with Crippen LogP contribution in [0.4, 0.5) is 0 Å². The van der Waals surface area contributed by atoms with Gasteiger partial charge in [-0.05, 0) is 32.1 Å². The minimum absolute atomic E-state index is 0.0103. The van der Waals surface area contributed by atoms with Crippen molar-refractivity contribution in [3.8, 4) is 0 Å². The summed E-state index contributed by atoms with van der Waals surface area (Å²) in [6.45, 7) is 2.14. The molecule has 0 saturated carbocycles. The molecule has 0 aromatic rings. The molecule has 0 unspecified atom stereocenters. The van der Waals surface area contributed by atoms with E-state index >= 15 is 0 Å². The Morgan fingerprint density at radius 1 is 1.05 bits per heavy atom. The van der Waals surface area contributed by atoms with Crippen molar-refractivity contribution >= 4 is 5.97 Å². The summed E-state index contributed by atoms with van der Waals surface area (Å²) in [5.74, 6) is -0.0103. The van der Waals surface area contributed by atoms with Crippen LogP contribution in [0.2, 0.25) is 0 Å². The van der Waals surface area contributed by atoms with E-state index in [4.69, 9.17) is 4.74 Å². The average molecular weight is 278 g/mol. The van der Waals surface area contributed by atoms with E-state index in [1.54, 1.807) is 0 Å². The largest absolute Gasteiger partial charge is 0.462 e. The molecule has 20 heavy (non-hydrogen) atoms. The topological polar surface area (TPSA) is 26.3 Å². The number of allylic oxidation sites excluding steroid dienone is 3. The van der Waals surface area contributed by atoms with Crippen molar-refractivity contribution in [2.24, 2.45) is 0 Å². The SMILES string of the molecule is CCC[C@@H]1C/C=C\C/C=C\CCCCCCCC(=O)O1. The third-order valence-corrected chi connectivity index (χ3v) is 3.66. The highest BCUT2D eigenvalue weighted by atomic mass is 16.5. The first-order valence-corrected chi connectivity index (χ1v) is 8.32. The molecule has 1 aliphatic heterocycles. The summed E-state index contributed by atoms with van der Waals surface area (Å²) in [7, 11) is 0. The van der Waals surface area contributed by atoms with Crippen molar-refractivity contribution in [3.63, 3.8) is 0 Å². The smallest absolute Gasteiger partial charge is 0.306 e. The Labute approximate surface area is 124 Å². The Morgan fingerprint density at radius 3 is 2.65 bits per heavy atom. The molecule has 0 bridgehead atoms. The molecule has 0 fully saturated rings. The zero-order valence-corrected chi connectivity index (χ0v) is 13.0. The monoisotopic (exact) mass is 278 g/mol. The van der Waals surface area contributed by atoms with Crippen molar-refractivity contribution in [2.75, 3.05) is 0 Å². The van der Waals surface area contributed by atoms with E-state index in [1.165, 1.54) is 25.7 Å². The molecule has 1 rings (SSSR count). The second-order valence-corrected chi connectivity index (χ2v) is 5.62. The van der Waals surface area contributed by atoms with Gasteiger partial charge in [0.05, 0.1) is 0 Å². The summed E-state index contributed by atoms with van der Waals surface area (Å²) in [6.07, 6.45) is 20.5. The summed E-state index contributed by atoms with van der Waals surface area (Å²) in [4.78, 5) is 11.8. The number of rotatable bonds is 2. The number of hydrogen-bond donors (Lipinski definition) is 0. The van der Waals surface area contributed by atoms with Gasteiger partial charge >= 0.3 is 5.97 Å². The molecule has 0 radical (unpaired) electrons. The van der Waals surface area contributed by atoms with Crippen LogP contribution >= 0.6 is 0 Å². The predicted octanol–water partition coefficient (Wildman–Crippen LogP) is 5.34. The number of cyclic esters (lactones) is 1. The fraction of sp³-hybridized carbons (Fsp3) is 0.722. The van der Waals surface area contributed by atoms with Gasteiger partial charge < -0.3 is 4.74 Å². The van der Waals surface area contributed by atoms with Crippen LogP contribution in [0.5, 0.6) is 0 Å². The lowest BCUT2D eigenvalue weighted by Gasteiger charge is -2.15. The van der Waals surface area contributed by atoms with Crippen LogP contribution in [0, 0.1) is 0 Å². The second-order valence-electron chi connectivity index (χ2n) is 5.62. The van der Waals surface area contributed by atoms with E-state index in [0.717, 1.165) is 38.5 Å². The molecule has 0 amide bonds. The molecule has 0 aromatic heterocycles. The minimum atomic E-state index is -0.0103. The zero-order chi connectivity index (χ0) is 14.5. The maximum Gasteiger partial charge on any atom is 0.306 e. The summed E-state index contributed by atoms with van der Waals surface area (Å²) < 4.78 is 5.58. The highest BCUT2D eigenvalue weighted by molar-refractivity contribution is 5.69. The number of ether oxygens (including phenoxy) is 1. The molecule has 0 aromatic carbocycles. The predicted molar refractivity (Wildman–Crippen MR) is 84.6 cm³/mol. The fourth-order valence-corrected chi connectivity index (χ4v) is 2.49. The third-order valence-electron chi connectivity index (χ3n) is 3.66. The van der Waals surface area contributed by atoms with Gasteiger partial charge in [-0.3, -0.25) is 4.79 Å². The molecule has 0 spiro atoms. The highest BCUT2D eigenvalue weighted by Crippen LogP contribution is 2.13.